The topological polar surface area (TPSA) is 72.3 Å². The third-order valence-corrected chi connectivity index (χ3v) is 6.02. The first kappa shape index (κ1) is 23.7. The Morgan fingerprint density at radius 3 is 2.66 bits per heavy atom. The highest BCUT2D eigenvalue weighted by atomic mass is 16.5. The van der Waals surface area contributed by atoms with Gasteiger partial charge in [0.25, 0.3) is 0 Å². The molecule has 1 atom stereocenters. The maximum atomic E-state index is 12.7. The molecule has 2 heterocycles. The quantitative estimate of drug-likeness (QED) is 0.548. The van der Waals surface area contributed by atoms with E-state index in [0.29, 0.717) is 19.4 Å². The molecule has 0 bridgehead atoms. The number of fused-ring (bicyclic) bond motifs is 1. The summed E-state index contributed by atoms with van der Waals surface area (Å²) in [5.74, 6) is 0.854. The Morgan fingerprint density at radius 1 is 1.25 bits per heavy atom. The van der Waals surface area contributed by atoms with E-state index in [1.54, 1.807) is 7.11 Å². The summed E-state index contributed by atoms with van der Waals surface area (Å²) in [6.45, 7) is 8.85. The van der Waals surface area contributed by atoms with E-state index in [1.165, 1.54) is 0 Å². The molecular formula is C25H35N5O2. The zero-order valence-corrected chi connectivity index (χ0v) is 20.3. The second-order valence-corrected chi connectivity index (χ2v) is 8.78. The Kier molecular flexibility index (Phi) is 7.51. The Hall–Kier alpha value is -2.93. The Balaban J connectivity index is 1.67. The van der Waals surface area contributed by atoms with E-state index >= 15 is 0 Å². The number of methoxy groups -OCH3 is 1. The van der Waals surface area contributed by atoms with Crippen molar-refractivity contribution in [2.24, 2.45) is 0 Å². The minimum atomic E-state index is 0.0384. The smallest absolute Gasteiger partial charge is 0.220 e. The molecule has 0 saturated heterocycles. The first-order valence-electron chi connectivity index (χ1n) is 11.1. The molecule has 0 saturated carbocycles. The average molecular weight is 438 g/mol. The predicted octanol–water partition coefficient (Wildman–Crippen LogP) is 3.99. The number of nitrogens with zero attached hydrogens (tertiary/aromatic N) is 4. The number of benzene rings is 1. The van der Waals surface area contributed by atoms with Gasteiger partial charge in [-0.3, -0.25) is 4.79 Å². The lowest BCUT2D eigenvalue weighted by Crippen LogP contribution is -2.34. The summed E-state index contributed by atoms with van der Waals surface area (Å²) in [4.78, 5) is 19.6. The number of likely N-dealkylation sites (N-methyl/N-ethyl adjacent to an activating group) is 1. The summed E-state index contributed by atoms with van der Waals surface area (Å²) in [5, 5.41) is 8.67. The van der Waals surface area contributed by atoms with E-state index in [0.717, 1.165) is 39.2 Å². The maximum Gasteiger partial charge on any atom is 0.220 e. The second kappa shape index (κ2) is 10.1. The molecule has 0 aliphatic rings. The molecule has 1 unspecified atom stereocenters. The van der Waals surface area contributed by atoms with Gasteiger partial charge >= 0.3 is 0 Å². The third kappa shape index (κ3) is 5.10. The van der Waals surface area contributed by atoms with Gasteiger partial charge in [-0.2, -0.15) is 5.10 Å². The molecule has 0 aliphatic heterocycles. The molecular weight excluding hydrogens is 402 g/mol. The van der Waals surface area contributed by atoms with Crippen LogP contribution in [0.1, 0.15) is 54.7 Å². The average Bonchev–Trinajstić information content (AvgIpc) is 3.18. The van der Waals surface area contributed by atoms with Crippen LogP contribution in [-0.4, -0.2) is 53.3 Å². The molecule has 1 N–H and O–H groups in total. The maximum absolute atomic E-state index is 12.7. The number of aryl methyl sites for hydroxylation is 2. The second-order valence-electron chi connectivity index (χ2n) is 8.78. The minimum absolute atomic E-state index is 0.0384. The van der Waals surface area contributed by atoms with Gasteiger partial charge in [-0.05, 0) is 77.0 Å². The lowest BCUT2D eigenvalue weighted by molar-refractivity contribution is -0.121. The van der Waals surface area contributed by atoms with Gasteiger partial charge in [-0.25, -0.2) is 9.67 Å². The summed E-state index contributed by atoms with van der Waals surface area (Å²) < 4.78 is 7.30. The number of carbonyl (C=O) groups is 1. The number of amides is 1. The number of ether oxygens (including phenoxy) is 1. The lowest BCUT2D eigenvalue weighted by Gasteiger charge is -2.25. The predicted molar refractivity (Wildman–Crippen MR) is 128 cm³/mol. The number of rotatable bonds is 9. The SMILES string of the molecule is COc1cccc(C(CNC(=O)CCc2c(C)nc3c(cnn3C(C)C)c2C)N(C)C)c1. The molecule has 0 spiro atoms. The van der Waals surface area contributed by atoms with Crippen LogP contribution in [-0.2, 0) is 11.2 Å². The molecule has 7 heteroatoms. The summed E-state index contributed by atoms with van der Waals surface area (Å²) in [5.41, 5.74) is 5.28. The lowest BCUT2D eigenvalue weighted by atomic mass is 10.00. The van der Waals surface area contributed by atoms with Gasteiger partial charge in [0.2, 0.25) is 5.91 Å². The minimum Gasteiger partial charge on any atom is -0.497 e. The summed E-state index contributed by atoms with van der Waals surface area (Å²) in [6, 6.07) is 8.30. The molecule has 3 rings (SSSR count). The summed E-state index contributed by atoms with van der Waals surface area (Å²) in [7, 11) is 5.69. The normalized spacial score (nSPS) is 12.5. The van der Waals surface area contributed by atoms with Crippen molar-refractivity contribution in [3.63, 3.8) is 0 Å². The van der Waals surface area contributed by atoms with Crippen LogP contribution in [0.3, 0.4) is 0 Å². The van der Waals surface area contributed by atoms with E-state index < -0.39 is 0 Å². The van der Waals surface area contributed by atoms with Crippen molar-refractivity contribution in [3.05, 3.63) is 52.8 Å². The van der Waals surface area contributed by atoms with Gasteiger partial charge in [-0.15, -0.1) is 0 Å². The number of hydrogen-bond acceptors (Lipinski definition) is 5. The fourth-order valence-electron chi connectivity index (χ4n) is 4.12. The highest BCUT2D eigenvalue weighted by molar-refractivity contribution is 5.81. The molecule has 1 aromatic carbocycles. The van der Waals surface area contributed by atoms with E-state index in [-0.39, 0.29) is 18.0 Å². The fourth-order valence-corrected chi connectivity index (χ4v) is 4.12. The van der Waals surface area contributed by atoms with Crippen molar-refractivity contribution in [2.75, 3.05) is 27.7 Å². The van der Waals surface area contributed by atoms with Crippen molar-refractivity contribution in [1.82, 2.24) is 25.0 Å². The van der Waals surface area contributed by atoms with Crippen LogP contribution in [0.2, 0.25) is 0 Å². The van der Waals surface area contributed by atoms with Crippen LogP contribution in [0.25, 0.3) is 11.0 Å². The first-order valence-corrected chi connectivity index (χ1v) is 11.1. The zero-order valence-electron chi connectivity index (χ0n) is 20.3. The summed E-state index contributed by atoms with van der Waals surface area (Å²) >= 11 is 0. The van der Waals surface area contributed by atoms with Gasteiger partial charge in [0.1, 0.15) is 5.75 Å². The molecule has 2 aromatic heterocycles. The molecule has 1 amide bonds. The Morgan fingerprint density at radius 2 is 2.00 bits per heavy atom. The van der Waals surface area contributed by atoms with Crippen molar-refractivity contribution in [1.29, 1.82) is 0 Å². The largest absolute Gasteiger partial charge is 0.497 e. The van der Waals surface area contributed by atoms with Crippen LogP contribution < -0.4 is 10.1 Å². The van der Waals surface area contributed by atoms with Crippen LogP contribution in [0.15, 0.2) is 30.5 Å². The van der Waals surface area contributed by atoms with Gasteiger partial charge in [0.15, 0.2) is 5.65 Å². The van der Waals surface area contributed by atoms with E-state index in [2.05, 4.69) is 42.2 Å². The van der Waals surface area contributed by atoms with E-state index in [9.17, 15) is 4.79 Å². The number of carbonyl (C=O) groups excluding carboxylic acids is 1. The highest BCUT2D eigenvalue weighted by Gasteiger charge is 2.18. The van der Waals surface area contributed by atoms with Crippen molar-refractivity contribution in [3.8, 4) is 5.75 Å². The molecule has 32 heavy (non-hydrogen) atoms. The zero-order chi connectivity index (χ0) is 23.4. The van der Waals surface area contributed by atoms with Gasteiger partial charge in [0.05, 0.1) is 19.3 Å². The monoisotopic (exact) mass is 437 g/mol. The molecule has 7 nitrogen and oxygen atoms in total. The van der Waals surface area contributed by atoms with Gasteiger partial charge in [-0.1, -0.05) is 12.1 Å². The fraction of sp³-hybridized carbons (Fsp3) is 0.480. The number of hydrogen-bond donors (Lipinski definition) is 1. The summed E-state index contributed by atoms with van der Waals surface area (Å²) in [6.07, 6.45) is 2.97. The first-order chi connectivity index (χ1) is 15.2. The standard InChI is InChI=1S/C25H35N5O2/c1-16(2)30-25-22(14-27-30)17(3)21(18(4)28-25)11-12-24(31)26-15-23(29(5)6)19-9-8-10-20(13-19)32-7/h8-10,13-14,16,23H,11-12,15H2,1-7H3,(H,26,31). The van der Waals surface area contributed by atoms with Crippen LogP contribution in [0.4, 0.5) is 0 Å². The molecule has 172 valence electrons. The van der Waals surface area contributed by atoms with Crippen molar-refractivity contribution < 1.29 is 9.53 Å². The highest BCUT2D eigenvalue weighted by Crippen LogP contribution is 2.26. The molecule has 0 aliphatic carbocycles. The number of pyridine rings is 1. The Labute approximate surface area is 190 Å². The van der Waals surface area contributed by atoms with Crippen LogP contribution in [0.5, 0.6) is 5.75 Å². The van der Waals surface area contributed by atoms with Crippen molar-refractivity contribution >= 4 is 16.9 Å². The van der Waals surface area contributed by atoms with Crippen molar-refractivity contribution in [2.45, 2.75) is 52.6 Å². The van der Waals surface area contributed by atoms with Crippen LogP contribution in [0, 0.1) is 13.8 Å². The number of aromatic nitrogens is 3. The molecule has 3 aromatic rings. The Bertz CT molecular complexity index is 1090. The van der Waals surface area contributed by atoms with Gasteiger partial charge < -0.3 is 15.0 Å². The molecule has 0 fully saturated rings. The van der Waals surface area contributed by atoms with E-state index in [1.807, 2.05) is 50.1 Å². The van der Waals surface area contributed by atoms with E-state index in [4.69, 9.17) is 9.72 Å². The molecule has 0 radical (unpaired) electrons. The van der Waals surface area contributed by atoms with Gasteiger partial charge in [0, 0.05) is 30.1 Å². The third-order valence-electron chi connectivity index (χ3n) is 6.02. The number of nitrogens with one attached hydrogen (secondary N) is 1. The van der Waals surface area contributed by atoms with Crippen LogP contribution >= 0.6 is 0 Å².